The number of nitrogens with one attached hydrogen (secondary N) is 1. The van der Waals surface area contributed by atoms with Crippen LogP contribution in [0.4, 0.5) is 5.69 Å². The topological polar surface area (TPSA) is 115 Å². The number of pyridine rings is 1. The number of benzene rings is 1. The monoisotopic (exact) mass is 483 g/mol. The van der Waals surface area contributed by atoms with Crippen molar-refractivity contribution in [3.63, 3.8) is 0 Å². The van der Waals surface area contributed by atoms with Crippen LogP contribution in [0.2, 0.25) is 0 Å². The minimum absolute atomic E-state index is 0.0587. The normalized spacial score (nSPS) is 15.8. The van der Waals surface area contributed by atoms with Gasteiger partial charge in [-0.05, 0) is 55.7 Å². The molecule has 2 unspecified atom stereocenters. The molecule has 0 bridgehead atoms. The Bertz CT molecular complexity index is 1180. The van der Waals surface area contributed by atoms with Gasteiger partial charge in [-0.3, -0.25) is 0 Å². The molecule has 1 saturated carbocycles. The van der Waals surface area contributed by atoms with E-state index in [2.05, 4.69) is 10.4 Å². The van der Waals surface area contributed by atoms with Gasteiger partial charge >= 0.3 is 5.97 Å². The first-order valence-corrected chi connectivity index (χ1v) is 11.8. The molecule has 9 heteroatoms. The first kappa shape index (κ1) is 24.8. The fraction of sp³-hybridized carbons (Fsp3) is 0.462. The van der Waals surface area contributed by atoms with Gasteiger partial charge in [-0.25, -0.2) is 9.31 Å². The molecule has 35 heavy (non-hydrogen) atoms. The number of hydrogen-bond donors (Lipinski definition) is 3. The number of anilines is 1. The predicted molar refractivity (Wildman–Crippen MR) is 132 cm³/mol. The summed E-state index contributed by atoms with van der Waals surface area (Å²) in [6, 6.07) is 8.69. The van der Waals surface area contributed by atoms with Gasteiger partial charge in [0, 0.05) is 19.0 Å². The van der Waals surface area contributed by atoms with Crippen molar-refractivity contribution in [3.05, 3.63) is 52.8 Å². The second-order valence-electron chi connectivity index (χ2n) is 8.90. The highest BCUT2D eigenvalue weighted by Gasteiger charge is 2.30. The Morgan fingerprint density at radius 2 is 1.83 bits per heavy atom. The van der Waals surface area contributed by atoms with Crippen molar-refractivity contribution in [2.24, 2.45) is 0 Å². The lowest BCUT2D eigenvalue weighted by Gasteiger charge is -2.27. The minimum atomic E-state index is -1.06. The van der Waals surface area contributed by atoms with Gasteiger partial charge in [-0.1, -0.05) is 12.8 Å². The molecule has 1 aromatic carbocycles. The van der Waals surface area contributed by atoms with Crippen molar-refractivity contribution in [2.75, 3.05) is 26.6 Å². The van der Waals surface area contributed by atoms with Crippen molar-refractivity contribution < 1.29 is 29.2 Å². The van der Waals surface area contributed by atoms with E-state index >= 15 is 0 Å². The lowest BCUT2D eigenvalue weighted by atomic mass is 9.98. The summed E-state index contributed by atoms with van der Waals surface area (Å²) >= 11 is 0. The number of aliphatic hydroxyl groups is 1. The zero-order valence-corrected chi connectivity index (χ0v) is 20.6. The van der Waals surface area contributed by atoms with Crippen molar-refractivity contribution in [2.45, 2.75) is 57.3 Å². The maximum Gasteiger partial charge on any atom is 0.354 e. The van der Waals surface area contributed by atoms with Crippen LogP contribution in [0, 0.1) is 6.92 Å². The third-order valence-corrected chi connectivity index (χ3v) is 6.71. The number of carboxylic acid groups (broad SMARTS) is 1. The molecule has 1 aliphatic carbocycles. The van der Waals surface area contributed by atoms with E-state index in [-0.39, 0.29) is 11.8 Å². The second-order valence-corrected chi connectivity index (χ2v) is 8.90. The number of nitrogens with zero attached hydrogens (tertiary/aromatic N) is 2. The number of carbonyl (C=O) groups is 1. The number of hydrogen-bond acceptors (Lipinski definition) is 7. The predicted octanol–water partition coefficient (Wildman–Crippen LogP) is 4.00. The van der Waals surface area contributed by atoms with Crippen LogP contribution >= 0.6 is 0 Å². The number of aromatic nitrogens is 2. The largest absolute Gasteiger partial charge is 0.496 e. The third-order valence-electron chi connectivity index (χ3n) is 6.71. The number of fused-ring (bicyclic) bond motifs is 1. The van der Waals surface area contributed by atoms with Crippen LogP contribution in [-0.2, 0) is 11.2 Å². The van der Waals surface area contributed by atoms with Gasteiger partial charge < -0.3 is 29.7 Å². The fourth-order valence-corrected chi connectivity index (χ4v) is 4.80. The summed E-state index contributed by atoms with van der Waals surface area (Å²) < 4.78 is 18.8. The molecule has 188 valence electrons. The first-order valence-electron chi connectivity index (χ1n) is 11.8. The molecule has 1 fully saturated rings. The van der Waals surface area contributed by atoms with Gasteiger partial charge in [0.25, 0.3) is 0 Å². The number of ether oxygens (including phenoxy) is 3. The highest BCUT2D eigenvalue weighted by molar-refractivity contribution is 5.88. The summed E-state index contributed by atoms with van der Waals surface area (Å²) in [5.74, 6) is 0.177. The summed E-state index contributed by atoms with van der Waals surface area (Å²) in [5, 5.41) is 28.7. The third kappa shape index (κ3) is 5.06. The molecule has 9 nitrogen and oxygen atoms in total. The van der Waals surface area contributed by atoms with Gasteiger partial charge in [0.1, 0.15) is 17.6 Å². The molecule has 0 amide bonds. The smallest absolute Gasteiger partial charge is 0.354 e. The van der Waals surface area contributed by atoms with E-state index in [9.17, 15) is 15.0 Å². The van der Waals surface area contributed by atoms with Gasteiger partial charge in [-0.2, -0.15) is 5.10 Å². The number of rotatable bonds is 10. The van der Waals surface area contributed by atoms with E-state index in [1.807, 2.05) is 13.0 Å². The Labute approximate surface area is 204 Å². The maximum atomic E-state index is 11.7. The fourth-order valence-electron chi connectivity index (χ4n) is 4.80. The van der Waals surface area contributed by atoms with Crippen LogP contribution in [0.25, 0.3) is 5.52 Å². The number of methoxy groups -OCH3 is 2. The Balaban J connectivity index is 1.71. The van der Waals surface area contributed by atoms with Crippen LogP contribution in [0.3, 0.4) is 0 Å². The Kier molecular flexibility index (Phi) is 7.47. The summed E-state index contributed by atoms with van der Waals surface area (Å²) in [7, 11) is 4.94. The van der Waals surface area contributed by atoms with Crippen LogP contribution in [0.15, 0.2) is 30.3 Å². The lowest BCUT2D eigenvalue weighted by Crippen LogP contribution is -2.29. The molecule has 2 atom stereocenters. The second kappa shape index (κ2) is 10.5. The molecule has 0 aliphatic heterocycles. The average molecular weight is 484 g/mol. The molecule has 3 N–H and O–H groups in total. The molecule has 3 aromatic rings. The standard InChI is InChI=1S/C26H33N3O6/c1-15-22(33-3)11-16(12-23(15)34-4)25(30)24(35-18-7-5-6-8-18)14-17-13-21-19(27-2)9-10-20(26(31)32)29(21)28-17/h9-13,18,24-25,27,30H,5-8,14H2,1-4H3,(H,31,32). The van der Waals surface area contributed by atoms with E-state index in [1.165, 1.54) is 10.6 Å². The summed E-state index contributed by atoms with van der Waals surface area (Å²) in [6.45, 7) is 1.90. The van der Waals surface area contributed by atoms with E-state index in [0.29, 0.717) is 34.7 Å². The van der Waals surface area contributed by atoms with Crippen LogP contribution < -0.4 is 14.8 Å². The molecule has 2 heterocycles. The molecule has 4 rings (SSSR count). The average Bonchev–Trinajstić information content (AvgIpc) is 3.52. The Hall–Kier alpha value is -3.30. The molecule has 0 spiro atoms. The van der Waals surface area contributed by atoms with E-state index < -0.39 is 18.2 Å². The Morgan fingerprint density at radius 1 is 1.17 bits per heavy atom. The number of aliphatic hydroxyl groups excluding tert-OH is 1. The highest BCUT2D eigenvalue weighted by Crippen LogP contribution is 2.35. The van der Waals surface area contributed by atoms with Gasteiger partial charge in [-0.15, -0.1) is 0 Å². The van der Waals surface area contributed by atoms with Gasteiger partial charge in [0.05, 0.1) is 43.3 Å². The Morgan fingerprint density at radius 3 is 2.40 bits per heavy atom. The molecule has 1 aliphatic rings. The first-order chi connectivity index (χ1) is 16.9. The highest BCUT2D eigenvalue weighted by atomic mass is 16.5. The minimum Gasteiger partial charge on any atom is -0.496 e. The van der Waals surface area contributed by atoms with E-state index in [4.69, 9.17) is 14.2 Å². The molecular weight excluding hydrogens is 450 g/mol. The van der Waals surface area contributed by atoms with E-state index in [0.717, 1.165) is 36.9 Å². The van der Waals surface area contributed by atoms with E-state index in [1.54, 1.807) is 39.5 Å². The van der Waals surface area contributed by atoms with Crippen molar-refractivity contribution >= 4 is 17.2 Å². The quantitative estimate of drug-likeness (QED) is 0.396. The summed E-state index contributed by atoms with van der Waals surface area (Å²) in [4.78, 5) is 11.7. The SMILES string of the molecule is CNc1ccc(C(=O)O)n2nc(CC(OC3CCCC3)C(O)c3cc(OC)c(C)c(OC)c3)cc12. The van der Waals surface area contributed by atoms with Crippen molar-refractivity contribution in [1.82, 2.24) is 9.61 Å². The van der Waals surface area contributed by atoms with Crippen molar-refractivity contribution in [3.8, 4) is 11.5 Å². The number of aromatic carboxylic acids is 1. The maximum absolute atomic E-state index is 11.7. The number of carboxylic acids is 1. The molecule has 2 aromatic heterocycles. The van der Waals surface area contributed by atoms with Gasteiger partial charge in [0.2, 0.25) is 0 Å². The summed E-state index contributed by atoms with van der Waals surface area (Å²) in [6.07, 6.45) is 2.90. The lowest BCUT2D eigenvalue weighted by molar-refractivity contribution is -0.0757. The van der Waals surface area contributed by atoms with Crippen LogP contribution in [-0.4, -0.2) is 59.3 Å². The summed E-state index contributed by atoms with van der Waals surface area (Å²) in [5.41, 5.74) is 3.57. The molecular formula is C26H33N3O6. The van der Waals surface area contributed by atoms with Gasteiger partial charge in [0.15, 0.2) is 5.69 Å². The molecule has 0 radical (unpaired) electrons. The van der Waals surface area contributed by atoms with Crippen molar-refractivity contribution in [1.29, 1.82) is 0 Å². The van der Waals surface area contributed by atoms with Crippen LogP contribution in [0.5, 0.6) is 11.5 Å². The molecule has 0 saturated heterocycles. The zero-order valence-electron chi connectivity index (χ0n) is 20.6. The van der Waals surface area contributed by atoms with Crippen LogP contribution in [0.1, 0.15) is 59.1 Å². The zero-order chi connectivity index (χ0) is 25.1.